The Morgan fingerprint density at radius 2 is 1.53 bits per heavy atom. The van der Waals surface area contributed by atoms with Gasteiger partial charge in [-0.3, -0.25) is 0 Å². The second-order valence-corrected chi connectivity index (χ2v) is 4.98. The van der Waals surface area contributed by atoms with Crippen LogP contribution in [0.3, 0.4) is 0 Å². The van der Waals surface area contributed by atoms with E-state index in [2.05, 4.69) is 19.9 Å². The fraction of sp³-hybridized carbons (Fsp3) is 0.538. The van der Waals surface area contributed by atoms with Crippen molar-refractivity contribution in [3.8, 4) is 0 Å². The van der Waals surface area contributed by atoms with Crippen LogP contribution in [-0.4, -0.2) is 36.3 Å². The van der Waals surface area contributed by atoms with Crippen molar-refractivity contribution in [2.75, 3.05) is 13.2 Å². The average molecular weight is 309 g/mol. The predicted octanol–water partition coefficient (Wildman–Crippen LogP) is -0.644. The maximum atomic E-state index is 5.83. The summed E-state index contributed by atoms with van der Waals surface area (Å²) in [6, 6.07) is 10.7. The van der Waals surface area contributed by atoms with Gasteiger partial charge in [0, 0.05) is 5.41 Å². The summed E-state index contributed by atoms with van der Waals surface area (Å²) in [5, 5.41) is 0. The van der Waals surface area contributed by atoms with Crippen LogP contribution in [0.1, 0.15) is 26.3 Å². The quantitative estimate of drug-likeness (QED) is 0.507. The van der Waals surface area contributed by atoms with Crippen LogP contribution >= 0.6 is 0 Å². The Labute approximate surface area is 130 Å². The first-order valence-corrected chi connectivity index (χ1v) is 5.26. The van der Waals surface area contributed by atoms with Crippen molar-refractivity contribution >= 4 is 23.1 Å². The van der Waals surface area contributed by atoms with Crippen molar-refractivity contribution in [3.05, 3.63) is 35.9 Å². The number of halogens is 1. The summed E-state index contributed by atoms with van der Waals surface area (Å²) in [6.45, 7) is 7.71. The number of hydrogen-bond donors (Lipinski definition) is 0. The molecule has 1 aromatic rings. The molecule has 2 rings (SSSR count). The monoisotopic (exact) mass is 308 g/mol. The van der Waals surface area contributed by atoms with Crippen LogP contribution in [0.2, 0.25) is 0 Å². The SMILES string of the molecule is CC1(C)COC(C)(c2cc[c-]cc2)OC1.[Br-].[Mg+2]. The van der Waals surface area contributed by atoms with E-state index in [-0.39, 0.29) is 45.4 Å². The van der Waals surface area contributed by atoms with Gasteiger partial charge in [0.2, 0.25) is 0 Å². The van der Waals surface area contributed by atoms with Gasteiger partial charge in [-0.05, 0) is 6.92 Å². The molecule has 0 radical (unpaired) electrons. The zero-order valence-electron chi connectivity index (χ0n) is 10.6. The van der Waals surface area contributed by atoms with Crippen LogP contribution in [0.15, 0.2) is 24.3 Å². The van der Waals surface area contributed by atoms with Gasteiger partial charge in [-0.15, -0.1) is 0 Å². The van der Waals surface area contributed by atoms with Crippen LogP contribution in [0.5, 0.6) is 0 Å². The Hall–Kier alpha value is 0.386. The Bertz CT molecular complexity index is 331. The number of benzene rings is 1. The van der Waals surface area contributed by atoms with Crippen LogP contribution < -0.4 is 17.0 Å². The smallest absolute Gasteiger partial charge is 1.00 e. The first-order chi connectivity index (χ1) is 7.02. The fourth-order valence-electron chi connectivity index (χ4n) is 1.61. The topological polar surface area (TPSA) is 18.5 Å². The molecule has 4 heteroatoms. The molecule has 0 unspecified atom stereocenters. The third-order valence-electron chi connectivity index (χ3n) is 2.72. The maximum Gasteiger partial charge on any atom is 2.00 e. The van der Waals surface area contributed by atoms with Crippen LogP contribution in [-0.2, 0) is 15.3 Å². The molecular formula is C13H17BrMgO2. The Kier molecular flexibility index (Phi) is 6.67. The van der Waals surface area contributed by atoms with Gasteiger partial charge >= 0.3 is 23.1 Å². The molecular weight excluding hydrogens is 292 g/mol. The second kappa shape index (κ2) is 6.52. The first-order valence-electron chi connectivity index (χ1n) is 5.26. The summed E-state index contributed by atoms with van der Waals surface area (Å²) >= 11 is 0. The largest absolute Gasteiger partial charge is 2.00 e. The van der Waals surface area contributed by atoms with E-state index in [1.165, 1.54) is 0 Å². The van der Waals surface area contributed by atoms with E-state index in [9.17, 15) is 0 Å². The minimum atomic E-state index is -0.593. The number of hydrogen-bond acceptors (Lipinski definition) is 2. The number of rotatable bonds is 1. The minimum Gasteiger partial charge on any atom is -1.00 e. The third kappa shape index (κ3) is 4.21. The Morgan fingerprint density at radius 3 is 2.00 bits per heavy atom. The van der Waals surface area contributed by atoms with Gasteiger partial charge in [0.05, 0.1) is 13.2 Å². The molecule has 0 atom stereocenters. The zero-order chi connectivity index (χ0) is 10.9. The molecule has 0 amide bonds. The summed E-state index contributed by atoms with van der Waals surface area (Å²) < 4.78 is 11.7. The summed E-state index contributed by atoms with van der Waals surface area (Å²) in [5.74, 6) is -0.593. The molecule has 1 aliphatic heterocycles. The predicted molar refractivity (Wildman–Crippen MR) is 64.1 cm³/mol. The maximum absolute atomic E-state index is 5.83. The number of ether oxygens (including phenoxy) is 2. The van der Waals surface area contributed by atoms with Crippen molar-refractivity contribution in [2.45, 2.75) is 26.6 Å². The molecule has 90 valence electrons. The molecule has 0 aromatic heterocycles. The van der Waals surface area contributed by atoms with E-state index in [1.54, 1.807) is 0 Å². The van der Waals surface area contributed by atoms with Crippen molar-refractivity contribution in [2.24, 2.45) is 5.41 Å². The van der Waals surface area contributed by atoms with Crippen molar-refractivity contribution in [3.63, 3.8) is 0 Å². The van der Waals surface area contributed by atoms with Crippen molar-refractivity contribution in [1.82, 2.24) is 0 Å². The summed E-state index contributed by atoms with van der Waals surface area (Å²) in [5.41, 5.74) is 1.16. The van der Waals surface area contributed by atoms with E-state index in [0.29, 0.717) is 0 Å². The molecule has 1 saturated heterocycles. The molecule has 0 N–H and O–H groups in total. The summed E-state index contributed by atoms with van der Waals surface area (Å²) in [6.07, 6.45) is 0. The van der Waals surface area contributed by atoms with Crippen LogP contribution in [0.25, 0.3) is 0 Å². The standard InChI is InChI=1S/C13H17O2.BrH.Mg/c1-12(2)9-14-13(3,15-10-12)11-7-5-4-6-8-11;;/h5-8H,9-10H2,1-3H3;1H;/q-1;;+2/p-1. The summed E-state index contributed by atoms with van der Waals surface area (Å²) in [7, 11) is 0. The van der Waals surface area contributed by atoms with Crippen LogP contribution in [0, 0.1) is 11.5 Å². The summed E-state index contributed by atoms with van der Waals surface area (Å²) in [4.78, 5) is 0. The molecule has 1 fully saturated rings. The second-order valence-electron chi connectivity index (χ2n) is 4.98. The Morgan fingerprint density at radius 1 is 1.06 bits per heavy atom. The van der Waals surface area contributed by atoms with Gasteiger partial charge in [0.1, 0.15) is 0 Å². The van der Waals surface area contributed by atoms with Gasteiger partial charge in [-0.1, -0.05) is 19.4 Å². The van der Waals surface area contributed by atoms with Crippen molar-refractivity contribution < 1.29 is 26.5 Å². The molecule has 1 aromatic carbocycles. The molecule has 0 spiro atoms. The molecule has 1 heterocycles. The first kappa shape index (κ1) is 17.4. The average Bonchev–Trinajstić information content (AvgIpc) is 2.24. The van der Waals surface area contributed by atoms with E-state index >= 15 is 0 Å². The van der Waals surface area contributed by atoms with Gasteiger partial charge in [0.15, 0.2) is 5.79 Å². The van der Waals surface area contributed by atoms with Gasteiger partial charge in [-0.2, -0.15) is 30.3 Å². The van der Waals surface area contributed by atoms with E-state index < -0.39 is 5.79 Å². The fourth-order valence-corrected chi connectivity index (χ4v) is 1.61. The molecule has 17 heavy (non-hydrogen) atoms. The van der Waals surface area contributed by atoms with E-state index in [0.717, 1.165) is 18.8 Å². The van der Waals surface area contributed by atoms with Gasteiger partial charge in [-0.25, -0.2) is 0 Å². The van der Waals surface area contributed by atoms with Crippen molar-refractivity contribution in [1.29, 1.82) is 0 Å². The molecule has 0 saturated carbocycles. The third-order valence-corrected chi connectivity index (χ3v) is 2.72. The Balaban J connectivity index is 0.00000128. The van der Waals surface area contributed by atoms with Crippen LogP contribution in [0.4, 0.5) is 0 Å². The van der Waals surface area contributed by atoms with E-state index in [1.807, 2.05) is 31.2 Å². The van der Waals surface area contributed by atoms with Gasteiger partial charge in [0.25, 0.3) is 0 Å². The molecule has 0 aliphatic carbocycles. The zero-order valence-corrected chi connectivity index (χ0v) is 13.6. The molecule has 2 nitrogen and oxygen atoms in total. The normalized spacial score (nSPS) is 20.9. The molecule has 1 aliphatic rings. The van der Waals surface area contributed by atoms with E-state index in [4.69, 9.17) is 9.47 Å². The minimum absolute atomic E-state index is 0. The van der Waals surface area contributed by atoms with Gasteiger partial charge < -0.3 is 26.5 Å². The molecule has 0 bridgehead atoms.